The molecule has 0 radical (unpaired) electrons. The molecule has 1 saturated carbocycles. The van der Waals surface area contributed by atoms with Crippen molar-refractivity contribution in [2.75, 3.05) is 26.3 Å². The van der Waals surface area contributed by atoms with Gasteiger partial charge in [-0.15, -0.1) is 0 Å². The maximum Gasteiger partial charge on any atom is 0.142 e. The van der Waals surface area contributed by atoms with Crippen LogP contribution in [0.2, 0.25) is 0 Å². The highest BCUT2D eigenvalue weighted by molar-refractivity contribution is 5.87. The molecule has 7 heteroatoms. The normalized spacial score (nSPS) is 22.5. The fourth-order valence-electron chi connectivity index (χ4n) is 4.31. The third-order valence-corrected chi connectivity index (χ3v) is 6.15. The maximum absolute atomic E-state index is 12.7. The SMILES string of the molecule is Cn1cc(-c2cc3cc(CC(=O)C4CC(N5CCOCC5)C4)ncc3cn2)cn1. The standard InChI is InChI=1S/C22H25N5O2/c1-26-14-18(13-25-26)21-9-15-6-19(23-11-17(15)12-24-21)10-22(28)16-7-20(8-16)27-2-4-29-5-3-27/h6,9,11-14,16,20H,2-5,7-8,10H2,1H3. The molecule has 150 valence electrons. The van der Waals surface area contributed by atoms with Crippen LogP contribution in [0.15, 0.2) is 36.9 Å². The van der Waals surface area contributed by atoms with Crippen LogP contribution in [0.1, 0.15) is 18.5 Å². The lowest BCUT2D eigenvalue weighted by Crippen LogP contribution is -2.51. The molecule has 29 heavy (non-hydrogen) atoms. The number of aryl methyl sites for hydroxylation is 1. The highest BCUT2D eigenvalue weighted by atomic mass is 16.5. The van der Waals surface area contributed by atoms with Gasteiger partial charge in [-0.25, -0.2) is 0 Å². The Kier molecular flexibility index (Phi) is 4.85. The molecule has 0 aromatic carbocycles. The number of carbonyl (C=O) groups is 1. The predicted octanol–water partition coefficient (Wildman–Crippen LogP) is 2.25. The van der Waals surface area contributed by atoms with Gasteiger partial charge in [-0.2, -0.15) is 5.10 Å². The minimum absolute atomic E-state index is 0.170. The second-order valence-corrected chi connectivity index (χ2v) is 8.11. The van der Waals surface area contributed by atoms with Crippen LogP contribution in [0.25, 0.3) is 22.0 Å². The van der Waals surface area contributed by atoms with Crippen LogP contribution in [0, 0.1) is 5.92 Å². The summed E-state index contributed by atoms with van der Waals surface area (Å²) in [6, 6.07) is 4.61. The van der Waals surface area contributed by atoms with Crippen molar-refractivity contribution < 1.29 is 9.53 Å². The first kappa shape index (κ1) is 18.4. The van der Waals surface area contributed by atoms with E-state index >= 15 is 0 Å². The average molecular weight is 391 g/mol. The van der Waals surface area contributed by atoms with E-state index < -0.39 is 0 Å². The van der Waals surface area contributed by atoms with E-state index in [2.05, 4.69) is 20.0 Å². The average Bonchev–Trinajstić information content (AvgIpc) is 3.13. The second-order valence-electron chi connectivity index (χ2n) is 8.11. The first-order chi connectivity index (χ1) is 14.2. The topological polar surface area (TPSA) is 73.1 Å². The number of hydrogen-bond acceptors (Lipinski definition) is 6. The smallest absolute Gasteiger partial charge is 0.142 e. The van der Waals surface area contributed by atoms with Gasteiger partial charge in [0, 0.05) is 73.8 Å². The lowest BCUT2D eigenvalue weighted by molar-refractivity contribution is -0.127. The van der Waals surface area contributed by atoms with E-state index in [4.69, 9.17) is 4.74 Å². The summed E-state index contributed by atoms with van der Waals surface area (Å²) in [5, 5.41) is 6.24. The zero-order valence-corrected chi connectivity index (χ0v) is 16.6. The Labute approximate surface area is 169 Å². The summed E-state index contributed by atoms with van der Waals surface area (Å²) in [5.41, 5.74) is 2.69. The maximum atomic E-state index is 12.7. The van der Waals surface area contributed by atoms with Gasteiger partial charge in [0.25, 0.3) is 0 Å². The van der Waals surface area contributed by atoms with E-state index in [-0.39, 0.29) is 5.92 Å². The lowest BCUT2D eigenvalue weighted by atomic mass is 9.75. The van der Waals surface area contributed by atoms with Gasteiger partial charge in [-0.1, -0.05) is 0 Å². The summed E-state index contributed by atoms with van der Waals surface area (Å²) in [7, 11) is 1.89. The number of nitrogens with zero attached hydrogens (tertiary/aromatic N) is 5. The largest absolute Gasteiger partial charge is 0.379 e. The molecule has 0 N–H and O–H groups in total. The zero-order valence-electron chi connectivity index (χ0n) is 16.6. The van der Waals surface area contributed by atoms with Crippen LogP contribution in [-0.2, 0) is 23.0 Å². The quantitative estimate of drug-likeness (QED) is 0.664. The van der Waals surface area contributed by atoms with Crippen molar-refractivity contribution in [1.82, 2.24) is 24.6 Å². The van der Waals surface area contributed by atoms with Gasteiger partial charge in [-0.3, -0.25) is 24.3 Å². The van der Waals surface area contributed by atoms with Crippen LogP contribution < -0.4 is 0 Å². The third-order valence-electron chi connectivity index (χ3n) is 6.15. The molecule has 5 rings (SSSR count). The van der Waals surface area contributed by atoms with E-state index in [1.54, 1.807) is 10.9 Å². The van der Waals surface area contributed by atoms with Gasteiger partial charge < -0.3 is 4.74 Å². The number of aromatic nitrogens is 4. The van der Waals surface area contributed by atoms with Crippen LogP contribution in [-0.4, -0.2) is 62.8 Å². The van der Waals surface area contributed by atoms with Gasteiger partial charge in [0.05, 0.1) is 25.1 Å². The molecule has 0 bridgehead atoms. The minimum atomic E-state index is 0.170. The molecular formula is C22H25N5O2. The molecule has 3 aromatic heterocycles. The number of Topliss-reactive ketones (excluding diaryl/α,β-unsaturated/α-hetero) is 1. The lowest BCUT2D eigenvalue weighted by Gasteiger charge is -2.43. The number of fused-ring (bicyclic) bond motifs is 1. The number of carbonyl (C=O) groups excluding carboxylic acids is 1. The molecule has 0 spiro atoms. The number of ketones is 1. The van der Waals surface area contributed by atoms with Crippen molar-refractivity contribution >= 4 is 16.6 Å². The molecule has 7 nitrogen and oxygen atoms in total. The summed E-state index contributed by atoms with van der Waals surface area (Å²) in [5.74, 6) is 0.478. The van der Waals surface area contributed by atoms with Crippen molar-refractivity contribution in [3.63, 3.8) is 0 Å². The number of hydrogen-bond donors (Lipinski definition) is 0. The van der Waals surface area contributed by atoms with Crippen molar-refractivity contribution in [1.29, 1.82) is 0 Å². The fourth-order valence-corrected chi connectivity index (χ4v) is 4.31. The molecule has 0 atom stereocenters. The summed E-state index contributed by atoms with van der Waals surface area (Å²) >= 11 is 0. The van der Waals surface area contributed by atoms with Crippen LogP contribution in [0.3, 0.4) is 0 Å². The number of ether oxygens (including phenoxy) is 1. The molecule has 2 fully saturated rings. The number of pyridine rings is 2. The van der Waals surface area contributed by atoms with E-state index in [0.29, 0.717) is 18.2 Å². The summed E-state index contributed by atoms with van der Waals surface area (Å²) in [6.45, 7) is 3.61. The molecule has 3 aromatic rings. The Morgan fingerprint density at radius 2 is 1.90 bits per heavy atom. The van der Waals surface area contributed by atoms with Crippen LogP contribution >= 0.6 is 0 Å². The van der Waals surface area contributed by atoms with E-state index in [0.717, 1.165) is 66.9 Å². The number of morpholine rings is 1. The molecule has 0 unspecified atom stereocenters. The highest BCUT2D eigenvalue weighted by Crippen LogP contribution is 2.33. The Bertz CT molecular complexity index is 1030. The van der Waals surface area contributed by atoms with Crippen molar-refractivity contribution in [3.8, 4) is 11.3 Å². The molecule has 1 aliphatic carbocycles. The van der Waals surface area contributed by atoms with Crippen molar-refractivity contribution in [2.45, 2.75) is 25.3 Å². The van der Waals surface area contributed by atoms with Gasteiger partial charge >= 0.3 is 0 Å². The number of rotatable bonds is 5. The Hall–Kier alpha value is -2.64. The minimum Gasteiger partial charge on any atom is -0.379 e. The first-order valence-electron chi connectivity index (χ1n) is 10.2. The first-order valence-corrected chi connectivity index (χ1v) is 10.2. The predicted molar refractivity (Wildman–Crippen MR) is 109 cm³/mol. The molecular weight excluding hydrogens is 366 g/mol. The highest BCUT2D eigenvalue weighted by Gasteiger charge is 2.37. The fraction of sp³-hybridized carbons (Fsp3) is 0.455. The van der Waals surface area contributed by atoms with Crippen LogP contribution in [0.5, 0.6) is 0 Å². The molecule has 4 heterocycles. The van der Waals surface area contributed by atoms with E-state index in [9.17, 15) is 4.79 Å². The zero-order chi connectivity index (χ0) is 19.8. The van der Waals surface area contributed by atoms with Crippen molar-refractivity contribution in [2.24, 2.45) is 13.0 Å². The van der Waals surface area contributed by atoms with E-state index in [1.807, 2.05) is 37.8 Å². The summed E-state index contributed by atoms with van der Waals surface area (Å²) in [4.78, 5) is 24.2. The van der Waals surface area contributed by atoms with Gasteiger partial charge in [-0.05, 0) is 30.4 Å². The van der Waals surface area contributed by atoms with Crippen LogP contribution in [0.4, 0.5) is 0 Å². The summed E-state index contributed by atoms with van der Waals surface area (Å²) < 4.78 is 7.18. The van der Waals surface area contributed by atoms with Crippen molar-refractivity contribution in [3.05, 3.63) is 42.6 Å². The Balaban J connectivity index is 1.26. The second kappa shape index (κ2) is 7.65. The molecule has 0 amide bonds. The van der Waals surface area contributed by atoms with Gasteiger partial charge in [0.15, 0.2) is 0 Å². The molecule has 1 saturated heterocycles. The summed E-state index contributed by atoms with van der Waals surface area (Å²) in [6.07, 6.45) is 9.75. The van der Waals surface area contributed by atoms with Gasteiger partial charge in [0.2, 0.25) is 0 Å². The van der Waals surface area contributed by atoms with E-state index in [1.165, 1.54) is 0 Å². The Morgan fingerprint density at radius 1 is 1.10 bits per heavy atom. The molecule has 2 aliphatic rings. The monoisotopic (exact) mass is 391 g/mol. The third kappa shape index (κ3) is 3.80. The molecule has 1 aliphatic heterocycles. The van der Waals surface area contributed by atoms with Gasteiger partial charge in [0.1, 0.15) is 5.78 Å². The Morgan fingerprint density at radius 3 is 2.66 bits per heavy atom.